The molecule has 0 aliphatic carbocycles. The number of hydrogen-bond acceptors (Lipinski definition) is 6. The van der Waals surface area contributed by atoms with Gasteiger partial charge in [-0.15, -0.1) is 0 Å². The maximum atomic E-state index is 13.0. The quantitative estimate of drug-likeness (QED) is 0.112. The van der Waals surface area contributed by atoms with Gasteiger partial charge in [-0.2, -0.15) is 13.2 Å². The van der Waals surface area contributed by atoms with Gasteiger partial charge < -0.3 is 19.1 Å². The molecule has 1 fully saturated rings. The summed E-state index contributed by atoms with van der Waals surface area (Å²) < 4.78 is 55.9. The van der Waals surface area contributed by atoms with Crippen LogP contribution in [-0.4, -0.2) is 53.5 Å². The highest BCUT2D eigenvalue weighted by Gasteiger charge is 2.30. The van der Waals surface area contributed by atoms with E-state index in [0.29, 0.717) is 41.8 Å². The number of benzene rings is 4. The second-order valence-corrected chi connectivity index (χ2v) is 13.6. The van der Waals surface area contributed by atoms with Crippen molar-refractivity contribution in [2.45, 2.75) is 39.6 Å². The maximum Gasteiger partial charge on any atom is 0.416 e. The fraction of sp³-hybridized carbons (Fsp3) is 0.256. The molecule has 0 N–H and O–H groups in total. The van der Waals surface area contributed by atoms with Gasteiger partial charge in [-0.1, -0.05) is 65.7 Å². The number of piperazine rings is 1. The summed E-state index contributed by atoms with van der Waals surface area (Å²) in [4.78, 5) is 21.5. The van der Waals surface area contributed by atoms with Crippen LogP contribution in [0.2, 0.25) is 5.02 Å². The highest BCUT2D eigenvalue weighted by molar-refractivity contribution is 6.32. The number of nitrogens with zero attached hydrogens (tertiary/aromatic N) is 3. The van der Waals surface area contributed by atoms with E-state index in [9.17, 15) is 18.0 Å². The fourth-order valence-electron chi connectivity index (χ4n) is 5.95. The van der Waals surface area contributed by atoms with Crippen LogP contribution in [0.15, 0.2) is 109 Å². The van der Waals surface area contributed by atoms with E-state index in [2.05, 4.69) is 53.2 Å². The van der Waals surface area contributed by atoms with Gasteiger partial charge in [0.25, 0.3) is 0 Å². The molecule has 7 nitrogen and oxygen atoms in total. The minimum atomic E-state index is -4.39. The van der Waals surface area contributed by atoms with E-state index in [1.165, 1.54) is 35.0 Å². The lowest BCUT2D eigenvalue weighted by Gasteiger charge is -2.34. The number of aryl methyl sites for hydroxylation is 2. The summed E-state index contributed by atoms with van der Waals surface area (Å²) in [6, 6.07) is 28.4. The molecule has 0 saturated carbocycles. The van der Waals surface area contributed by atoms with Crippen molar-refractivity contribution < 1.29 is 32.2 Å². The normalized spacial score (nSPS) is 13.6. The molecule has 54 heavy (non-hydrogen) atoms. The van der Waals surface area contributed by atoms with E-state index in [-0.39, 0.29) is 18.4 Å². The lowest BCUT2D eigenvalue weighted by molar-refractivity contribution is -0.137. The molecule has 6 rings (SSSR count). The zero-order chi connectivity index (χ0) is 38.1. The number of pyridine rings is 1. The predicted octanol–water partition coefficient (Wildman–Crippen LogP) is 9.72. The molecule has 1 saturated heterocycles. The Hall–Kier alpha value is -5.32. The largest absolute Gasteiger partial charge is 0.493 e. The predicted molar refractivity (Wildman–Crippen MR) is 204 cm³/mol. The van der Waals surface area contributed by atoms with Crippen molar-refractivity contribution in [2.75, 3.05) is 32.8 Å². The number of rotatable bonds is 13. The highest BCUT2D eigenvalue weighted by atomic mass is 35.5. The first-order valence-electron chi connectivity index (χ1n) is 17.7. The third-order valence-electron chi connectivity index (χ3n) is 9.07. The van der Waals surface area contributed by atoms with Crippen molar-refractivity contribution in [1.29, 1.82) is 0 Å². The topological polar surface area (TPSA) is 64.1 Å². The van der Waals surface area contributed by atoms with Gasteiger partial charge in [0.15, 0.2) is 5.75 Å². The van der Waals surface area contributed by atoms with Crippen LogP contribution in [0.5, 0.6) is 23.1 Å². The summed E-state index contributed by atoms with van der Waals surface area (Å²) >= 11 is 6.59. The van der Waals surface area contributed by atoms with E-state index in [1.807, 2.05) is 30.0 Å². The molecule has 5 aromatic rings. The number of aromatic nitrogens is 1. The van der Waals surface area contributed by atoms with Gasteiger partial charge in [0.2, 0.25) is 11.8 Å². The van der Waals surface area contributed by atoms with Gasteiger partial charge >= 0.3 is 6.18 Å². The van der Waals surface area contributed by atoms with Crippen molar-refractivity contribution in [3.05, 3.63) is 153 Å². The number of amides is 1. The Bertz CT molecular complexity index is 2010. The molecule has 0 spiro atoms. The highest BCUT2D eigenvalue weighted by Crippen LogP contribution is 2.34. The number of ether oxygens (including phenoxy) is 3. The summed E-state index contributed by atoms with van der Waals surface area (Å²) in [6.45, 7) is 8.36. The number of hydrogen-bond donors (Lipinski definition) is 0. The van der Waals surface area contributed by atoms with Gasteiger partial charge in [-0.05, 0) is 90.2 Å². The van der Waals surface area contributed by atoms with Gasteiger partial charge in [-0.25, -0.2) is 4.98 Å². The zero-order valence-corrected chi connectivity index (χ0v) is 30.9. The SMILES string of the molecule is Cc1ccc(OCCc2ccc(CN3CCN(C(=O)C=Cc4cc(C)c(Oc5ccc(OCc6ccc(C(F)(F)F)cc6)cn5)c(Cl)c4)CC3)cc2)cc1. The Morgan fingerprint density at radius 3 is 2.13 bits per heavy atom. The van der Waals surface area contributed by atoms with E-state index in [4.69, 9.17) is 25.8 Å². The molecule has 11 heteroatoms. The van der Waals surface area contributed by atoms with Crippen LogP contribution >= 0.6 is 11.6 Å². The van der Waals surface area contributed by atoms with Crippen molar-refractivity contribution in [2.24, 2.45) is 0 Å². The Labute approximate surface area is 318 Å². The zero-order valence-electron chi connectivity index (χ0n) is 30.1. The van der Waals surface area contributed by atoms with E-state index < -0.39 is 11.7 Å². The third kappa shape index (κ3) is 10.9. The number of carbonyl (C=O) groups excluding carboxylic acids is 1. The molecule has 0 radical (unpaired) electrons. The van der Waals surface area contributed by atoms with Crippen LogP contribution in [0.3, 0.4) is 0 Å². The van der Waals surface area contributed by atoms with Crippen LogP contribution in [0.25, 0.3) is 6.08 Å². The van der Waals surface area contributed by atoms with Crippen LogP contribution < -0.4 is 14.2 Å². The molecule has 1 aromatic heterocycles. The molecular formula is C43H41ClF3N3O4. The van der Waals surface area contributed by atoms with Crippen molar-refractivity contribution in [3.63, 3.8) is 0 Å². The van der Waals surface area contributed by atoms with Gasteiger partial charge in [0.05, 0.1) is 23.4 Å². The Morgan fingerprint density at radius 2 is 1.48 bits per heavy atom. The van der Waals surface area contributed by atoms with Crippen molar-refractivity contribution in [3.8, 4) is 23.1 Å². The number of carbonyl (C=O) groups is 1. The first kappa shape index (κ1) is 38.4. The van der Waals surface area contributed by atoms with Gasteiger partial charge in [0.1, 0.15) is 18.1 Å². The molecule has 0 atom stereocenters. The second-order valence-electron chi connectivity index (χ2n) is 13.2. The second kappa shape index (κ2) is 17.7. The summed E-state index contributed by atoms with van der Waals surface area (Å²) in [5.41, 5.74) is 5.10. The van der Waals surface area contributed by atoms with Gasteiger partial charge in [-0.3, -0.25) is 9.69 Å². The molecule has 1 amide bonds. The summed E-state index contributed by atoms with van der Waals surface area (Å²) in [7, 11) is 0. The Morgan fingerprint density at radius 1 is 0.815 bits per heavy atom. The van der Waals surface area contributed by atoms with E-state index >= 15 is 0 Å². The third-order valence-corrected chi connectivity index (χ3v) is 9.35. The smallest absolute Gasteiger partial charge is 0.416 e. The average Bonchev–Trinajstić information content (AvgIpc) is 3.16. The maximum absolute atomic E-state index is 13.0. The van der Waals surface area contributed by atoms with E-state index in [1.54, 1.807) is 30.4 Å². The summed E-state index contributed by atoms with van der Waals surface area (Å²) in [5.74, 6) is 1.99. The minimum Gasteiger partial charge on any atom is -0.493 e. The Kier molecular flexibility index (Phi) is 12.6. The van der Waals surface area contributed by atoms with E-state index in [0.717, 1.165) is 55.1 Å². The molecule has 1 aliphatic rings. The Balaban J connectivity index is 0.929. The molecule has 1 aliphatic heterocycles. The minimum absolute atomic E-state index is 0.0502. The monoisotopic (exact) mass is 755 g/mol. The lowest BCUT2D eigenvalue weighted by Crippen LogP contribution is -2.47. The number of alkyl halides is 3. The van der Waals surface area contributed by atoms with Crippen molar-refractivity contribution >= 4 is 23.6 Å². The molecule has 280 valence electrons. The molecule has 0 unspecified atom stereocenters. The number of halogens is 4. The van der Waals surface area contributed by atoms with Crippen LogP contribution in [0, 0.1) is 13.8 Å². The first-order chi connectivity index (χ1) is 26.0. The van der Waals surface area contributed by atoms with Crippen LogP contribution in [-0.2, 0) is 30.5 Å². The average molecular weight is 756 g/mol. The summed E-state index contributed by atoms with van der Waals surface area (Å²) in [5, 5.41) is 0.365. The molecule has 4 aromatic carbocycles. The van der Waals surface area contributed by atoms with Crippen molar-refractivity contribution in [1.82, 2.24) is 14.8 Å². The summed E-state index contributed by atoms with van der Waals surface area (Å²) in [6.07, 6.45) is 1.26. The molecule has 0 bridgehead atoms. The molecular weight excluding hydrogens is 715 g/mol. The van der Waals surface area contributed by atoms with Crippen LogP contribution in [0.4, 0.5) is 13.2 Å². The molecule has 2 heterocycles. The fourth-order valence-corrected chi connectivity index (χ4v) is 6.26. The lowest BCUT2D eigenvalue weighted by atomic mass is 10.1. The van der Waals surface area contributed by atoms with Gasteiger partial charge in [0, 0.05) is 51.3 Å². The standard InChI is InChI=1S/C43H41ClF3N3O4/c1-30-3-14-37(15-4-30)52-24-19-32-5-7-33(8-6-32)28-49-20-22-50(23-21-49)41(51)18-11-35-25-31(2)42(39(44)26-35)54-40-17-16-38(27-48-40)53-29-34-9-12-36(13-10-34)43(45,46)47/h3-18,25-27H,19-24,28-29H2,1-2H3. The first-order valence-corrected chi connectivity index (χ1v) is 18.1. The van der Waals surface area contributed by atoms with Crippen LogP contribution in [0.1, 0.15) is 38.9 Å².